The molecule has 1 aliphatic rings. The first-order valence-electron chi connectivity index (χ1n) is 7.20. The fourth-order valence-electron chi connectivity index (χ4n) is 2.78. The van der Waals surface area contributed by atoms with Crippen LogP contribution < -0.4 is 11.1 Å². The van der Waals surface area contributed by atoms with E-state index in [-0.39, 0.29) is 24.6 Å². The van der Waals surface area contributed by atoms with E-state index in [1.807, 2.05) is 11.9 Å². The molecule has 4 N–H and O–H groups in total. The van der Waals surface area contributed by atoms with Gasteiger partial charge in [-0.1, -0.05) is 24.4 Å². The van der Waals surface area contributed by atoms with Gasteiger partial charge in [-0.2, -0.15) is 0 Å². The van der Waals surface area contributed by atoms with Gasteiger partial charge >= 0.3 is 0 Å². The third-order valence-electron chi connectivity index (χ3n) is 3.92. The van der Waals surface area contributed by atoms with Crippen molar-refractivity contribution in [3.8, 4) is 0 Å². The maximum absolute atomic E-state index is 12.1. The lowest BCUT2D eigenvalue weighted by Crippen LogP contribution is -2.46. The molecule has 0 radical (unpaired) electrons. The van der Waals surface area contributed by atoms with E-state index in [4.69, 9.17) is 17.3 Å². The van der Waals surface area contributed by atoms with Crippen molar-refractivity contribution in [3.05, 3.63) is 23.2 Å². The van der Waals surface area contributed by atoms with Crippen molar-refractivity contribution in [3.63, 3.8) is 0 Å². The molecule has 116 valence electrons. The molecule has 1 saturated carbocycles. The molecule has 1 aliphatic carbocycles. The number of benzene rings is 1. The Kier molecular flexibility index (Phi) is 5.45. The second-order valence-electron chi connectivity index (χ2n) is 5.62. The van der Waals surface area contributed by atoms with E-state index >= 15 is 0 Å². The first-order chi connectivity index (χ1) is 9.97. The molecule has 6 heteroatoms. The molecule has 2 rings (SSSR count). The Morgan fingerprint density at radius 1 is 1.48 bits per heavy atom. The maximum atomic E-state index is 12.1. The number of nitrogens with one attached hydrogen (secondary N) is 1. The number of nitrogens with zero attached hydrogens (tertiary/aromatic N) is 1. The van der Waals surface area contributed by atoms with Gasteiger partial charge in [0.2, 0.25) is 5.91 Å². The Hall–Kier alpha value is -1.30. The highest BCUT2D eigenvalue weighted by Crippen LogP contribution is 2.25. The average molecular weight is 312 g/mol. The Morgan fingerprint density at radius 2 is 2.19 bits per heavy atom. The fraction of sp³-hybridized carbons (Fsp3) is 0.533. The molecule has 2 unspecified atom stereocenters. The van der Waals surface area contributed by atoms with E-state index < -0.39 is 0 Å². The van der Waals surface area contributed by atoms with Crippen LogP contribution in [0.5, 0.6) is 0 Å². The number of carbonyl (C=O) groups excluding carboxylic acids is 1. The van der Waals surface area contributed by atoms with Crippen LogP contribution in [0.1, 0.15) is 25.7 Å². The zero-order valence-corrected chi connectivity index (χ0v) is 12.9. The smallest absolute Gasteiger partial charge is 0.238 e. The van der Waals surface area contributed by atoms with Crippen LogP contribution in [0.25, 0.3) is 0 Å². The molecule has 5 nitrogen and oxygen atoms in total. The van der Waals surface area contributed by atoms with Crippen LogP contribution in [0.3, 0.4) is 0 Å². The summed E-state index contributed by atoms with van der Waals surface area (Å²) in [6.45, 7) is 0.215. The third kappa shape index (κ3) is 4.33. The average Bonchev–Trinajstić information content (AvgIpc) is 2.43. The summed E-state index contributed by atoms with van der Waals surface area (Å²) in [6, 6.07) is 5.01. The summed E-state index contributed by atoms with van der Waals surface area (Å²) in [4.78, 5) is 14.0. The SMILES string of the molecule is CN(CC(=O)Nc1cc(N)ccc1Cl)C1CCCCC1O. The van der Waals surface area contributed by atoms with Crippen molar-refractivity contribution in [1.82, 2.24) is 4.90 Å². The highest BCUT2D eigenvalue weighted by Gasteiger charge is 2.27. The minimum absolute atomic E-state index is 0.0424. The van der Waals surface area contributed by atoms with E-state index in [2.05, 4.69) is 5.32 Å². The number of amides is 1. The first-order valence-corrected chi connectivity index (χ1v) is 7.58. The van der Waals surface area contributed by atoms with Gasteiger partial charge in [-0.05, 0) is 38.1 Å². The normalized spacial score (nSPS) is 22.3. The molecule has 0 bridgehead atoms. The summed E-state index contributed by atoms with van der Waals surface area (Å²) in [5.74, 6) is -0.164. The van der Waals surface area contributed by atoms with Gasteiger partial charge in [-0.25, -0.2) is 0 Å². The minimum atomic E-state index is -0.354. The van der Waals surface area contributed by atoms with Crippen LogP contribution in [0.15, 0.2) is 18.2 Å². The number of carbonyl (C=O) groups is 1. The monoisotopic (exact) mass is 311 g/mol. The van der Waals surface area contributed by atoms with Crippen molar-refractivity contribution in [2.75, 3.05) is 24.6 Å². The molecule has 2 atom stereocenters. The minimum Gasteiger partial charge on any atom is -0.399 e. The Bertz CT molecular complexity index is 510. The largest absolute Gasteiger partial charge is 0.399 e. The predicted octanol–water partition coefficient (Wildman–Crippen LogP) is 2.10. The number of halogens is 1. The lowest BCUT2D eigenvalue weighted by molar-refractivity contribution is -0.118. The summed E-state index contributed by atoms with van der Waals surface area (Å²) in [5, 5.41) is 13.2. The number of likely N-dealkylation sites (N-methyl/N-ethyl adjacent to an activating group) is 1. The molecular formula is C15H22ClN3O2. The van der Waals surface area contributed by atoms with Crippen LogP contribution in [-0.4, -0.2) is 41.7 Å². The van der Waals surface area contributed by atoms with Gasteiger partial charge < -0.3 is 16.2 Å². The zero-order chi connectivity index (χ0) is 15.4. The fourth-order valence-corrected chi connectivity index (χ4v) is 2.94. The van der Waals surface area contributed by atoms with Crippen molar-refractivity contribution in [2.45, 2.75) is 37.8 Å². The Labute approximate surface area is 130 Å². The highest BCUT2D eigenvalue weighted by molar-refractivity contribution is 6.33. The van der Waals surface area contributed by atoms with E-state index in [0.29, 0.717) is 16.4 Å². The highest BCUT2D eigenvalue weighted by atomic mass is 35.5. The summed E-state index contributed by atoms with van der Waals surface area (Å²) < 4.78 is 0. The maximum Gasteiger partial charge on any atom is 0.238 e. The summed E-state index contributed by atoms with van der Waals surface area (Å²) in [6.07, 6.45) is 3.51. The van der Waals surface area contributed by atoms with Gasteiger partial charge in [-0.3, -0.25) is 9.69 Å². The number of hydrogen-bond acceptors (Lipinski definition) is 4. The van der Waals surface area contributed by atoms with Gasteiger partial charge in [0.1, 0.15) is 0 Å². The number of aliphatic hydroxyl groups is 1. The molecule has 1 fully saturated rings. The number of rotatable bonds is 4. The van der Waals surface area contributed by atoms with Crippen molar-refractivity contribution in [1.29, 1.82) is 0 Å². The molecule has 0 saturated heterocycles. The summed E-state index contributed by atoms with van der Waals surface area (Å²) >= 11 is 6.02. The number of nitrogens with two attached hydrogens (primary N) is 1. The molecule has 0 aromatic heterocycles. The molecule has 1 aromatic rings. The van der Waals surface area contributed by atoms with E-state index in [1.165, 1.54) is 0 Å². The van der Waals surface area contributed by atoms with Crippen LogP contribution in [0.4, 0.5) is 11.4 Å². The van der Waals surface area contributed by atoms with E-state index in [1.54, 1.807) is 18.2 Å². The molecule has 0 heterocycles. The van der Waals surface area contributed by atoms with Gasteiger partial charge in [0, 0.05) is 11.7 Å². The standard InChI is InChI=1S/C15H22ClN3O2/c1-19(13-4-2-3-5-14(13)20)9-15(21)18-12-8-10(17)6-7-11(12)16/h6-8,13-14,20H,2-5,9,17H2,1H3,(H,18,21). The number of aliphatic hydroxyl groups excluding tert-OH is 1. The second kappa shape index (κ2) is 7.11. The quantitative estimate of drug-likeness (QED) is 0.744. The molecular weight excluding hydrogens is 290 g/mol. The Balaban J connectivity index is 1.93. The Morgan fingerprint density at radius 3 is 2.90 bits per heavy atom. The van der Waals surface area contributed by atoms with Gasteiger partial charge in [0.15, 0.2) is 0 Å². The predicted molar refractivity (Wildman–Crippen MR) is 85.4 cm³/mol. The molecule has 1 aromatic carbocycles. The van der Waals surface area contributed by atoms with Gasteiger partial charge in [0.05, 0.1) is 23.4 Å². The van der Waals surface area contributed by atoms with E-state index in [9.17, 15) is 9.90 Å². The molecule has 21 heavy (non-hydrogen) atoms. The number of anilines is 2. The second-order valence-corrected chi connectivity index (χ2v) is 6.03. The third-order valence-corrected chi connectivity index (χ3v) is 4.25. The van der Waals surface area contributed by atoms with Crippen molar-refractivity contribution < 1.29 is 9.90 Å². The first kappa shape index (κ1) is 16.1. The van der Waals surface area contributed by atoms with Crippen molar-refractivity contribution >= 4 is 28.9 Å². The summed E-state index contributed by atoms with van der Waals surface area (Å²) in [7, 11) is 1.86. The lowest BCUT2D eigenvalue weighted by atomic mass is 9.91. The van der Waals surface area contributed by atoms with Crippen LogP contribution in [-0.2, 0) is 4.79 Å². The van der Waals surface area contributed by atoms with Crippen molar-refractivity contribution in [2.24, 2.45) is 0 Å². The molecule has 0 aliphatic heterocycles. The molecule has 0 spiro atoms. The summed E-state index contributed by atoms with van der Waals surface area (Å²) in [5.41, 5.74) is 6.75. The van der Waals surface area contributed by atoms with Crippen LogP contribution in [0, 0.1) is 0 Å². The molecule has 1 amide bonds. The van der Waals surface area contributed by atoms with Gasteiger partial charge in [-0.15, -0.1) is 0 Å². The van der Waals surface area contributed by atoms with Crippen LogP contribution >= 0.6 is 11.6 Å². The van der Waals surface area contributed by atoms with E-state index in [0.717, 1.165) is 25.7 Å². The number of nitrogen functional groups attached to an aromatic ring is 1. The van der Waals surface area contributed by atoms with Crippen LogP contribution in [0.2, 0.25) is 5.02 Å². The number of hydrogen-bond donors (Lipinski definition) is 3. The lowest BCUT2D eigenvalue weighted by Gasteiger charge is -2.34. The zero-order valence-electron chi connectivity index (χ0n) is 12.2. The topological polar surface area (TPSA) is 78.6 Å². The van der Waals surface area contributed by atoms with Gasteiger partial charge in [0.25, 0.3) is 0 Å².